The smallest absolute Gasteiger partial charge is 0.0113 e. The molecular weight excluding hydrogens is 270 g/mol. The molecule has 0 spiro atoms. The quantitative estimate of drug-likeness (QED) is 0.789. The van der Waals surface area contributed by atoms with Crippen LogP contribution in [0.1, 0.15) is 59.8 Å². The molecule has 0 radical (unpaired) electrons. The molecule has 0 aromatic carbocycles. The van der Waals surface area contributed by atoms with Crippen molar-refractivity contribution in [1.29, 1.82) is 0 Å². The lowest BCUT2D eigenvalue weighted by Gasteiger charge is -2.44. The molecule has 0 N–H and O–H groups in total. The Balaban J connectivity index is 0.000000847. The summed E-state index contributed by atoms with van der Waals surface area (Å²) in [6.45, 7) is 18.0. The van der Waals surface area contributed by atoms with Crippen LogP contribution < -0.4 is 0 Å². The summed E-state index contributed by atoms with van der Waals surface area (Å²) in [5, 5.41) is 0. The molecule has 2 saturated heterocycles. The average Bonchev–Trinajstić information content (AvgIpc) is 2.50. The number of hydrogen-bond acceptors (Lipinski definition) is 3. The van der Waals surface area contributed by atoms with E-state index < -0.39 is 0 Å². The SMILES string of the molecule is CC.CC(C)N1CCC(CN2CCN(C3CCC3)CC2)CC1. The number of hydrogen-bond donors (Lipinski definition) is 0. The maximum atomic E-state index is 2.75. The minimum atomic E-state index is 0.738. The Bertz CT molecular complexity index is 285. The van der Waals surface area contributed by atoms with Gasteiger partial charge in [0.2, 0.25) is 0 Å². The zero-order chi connectivity index (χ0) is 15.9. The molecule has 22 heavy (non-hydrogen) atoms. The first-order chi connectivity index (χ1) is 10.7. The van der Waals surface area contributed by atoms with E-state index >= 15 is 0 Å². The van der Waals surface area contributed by atoms with Gasteiger partial charge in [-0.2, -0.15) is 0 Å². The molecule has 0 atom stereocenters. The van der Waals surface area contributed by atoms with Gasteiger partial charge in [-0.3, -0.25) is 4.90 Å². The molecule has 3 fully saturated rings. The molecule has 130 valence electrons. The molecule has 3 heteroatoms. The highest BCUT2D eigenvalue weighted by atomic mass is 15.3. The first kappa shape index (κ1) is 18.2. The van der Waals surface area contributed by atoms with Crippen molar-refractivity contribution in [1.82, 2.24) is 14.7 Å². The van der Waals surface area contributed by atoms with Gasteiger partial charge in [-0.1, -0.05) is 20.3 Å². The van der Waals surface area contributed by atoms with Gasteiger partial charge in [0, 0.05) is 44.8 Å². The van der Waals surface area contributed by atoms with Crippen LogP contribution in [0, 0.1) is 5.92 Å². The van der Waals surface area contributed by atoms with Gasteiger partial charge < -0.3 is 9.80 Å². The van der Waals surface area contributed by atoms with Gasteiger partial charge in [0.1, 0.15) is 0 Å². The van der Waals surface area contributed by atoms with Crippen molar-refractivity contribution < 1.29 is 0 Å². The van der Waals surface area contributed by atoms with Crippen LogP contribution in [0.2, 0.25) is 0 Å². The lowest BCUT2D eigenvalue weighted by Crippen LogP contribution is -2.53. The predicted octanol–water partition coefficient (Wildman–Crippen LogP) is 3.30. The second-order valence-corrected chi connectivity index (χ2v) is 7.49. The minimum Gasteiger partial charge on any atom is -0.301 e. The molecule has 3 aliphatic rings. The van der Waals surface area contributed by atoms with Crippen molar-refractivity contribution >= 4 is 0 Å². The van der Waals surface area contributed by atoms with Crippen molar-refractivity contribution in [2.75, 3.05) is 45.8 Å². The Morgan fingerprint density at radius 1 is 0.818 bits per heavy atom. The van der Waals surface area contributed by atoms with Crippen molar-refractivity contribution in [3.05, 3.63) is 0 Å². The number of rotatable bonds is 4. The summed E-state index contributed by atoms with van der Waals surface area (Å²) < 4.78 is 0. The van der Waals surface area contributed by atoms with Crippen LogP contribution >= 0.6 is 0 Å². The maximum absolute atomic E-state index is 2.75. The van der Waals surface area contributed by atoms with Gasteiger partial charge in [-0.05, 0) is 58.5 Å². The van der Waals surface area contributed by atoms with Gasteiger partial charge >= 0.3 is 0 Å². The van der Waals surface area contributed by atoms with E-state index in [4.69, 9.17) is 0 Å². The van der Waals surface area contributed by atoms with Crippen LogP contribution in [-0.4, -0.2) is 72.6 Å². The van der Waals surface area contributed by atoms with Gasteiger partial charge in [0.25, 0.3) is 0 Å². The van der Waals surface area contributed by atoms with Crippen LogP contribution in [0.25, 0.3) is 0 Å². The molecule has 0 bridgehead atoms. The van der Waals surface area contributed by atoms with Crippen molar-refractivity contribution in [3.63, 3.8) is 0 Å². The van der Waals surface area contributed by atoms with Crippen molar-refractivity contribution in [2.45, 2.75) is 71.9 Å². The van der Waals surface area contributed by atoms with Gasteiger partial charge in [0.15, 0.2) is 0 Å². The predicted molar refractivity (Wildman–Crippen MR) is 96.4 cm³/mol. The lowest BCUT2D eigenvalue weighted by molar-refractivity contribution is 0.0463. The van der Waals surface area contributed by atoms with Crippen LogP contribution in [0.5, 0.6) is 0 Å². The number of likely N-dealkylation sites (tertiary alicyclic amines) is 1. The Labute approximate surface area is 139 Å². The molecular formula is C19H39N3. The first-order valence-corrected chi connectivity index (χ1v) is 9.93. The Kier molecular flexibility index (Phi) is 7.66. The van der Waals surface area contributed by atoms with Crippen LogP contribution in [-0.2, 0) is 0 Å². The first-order valence-electron chi connectivity index (χ1n) is 9.93. The second-order valence-electron chi connectivity index (χ2n) is 7.49. The molecule has 0 aromatic heterocycles. The summed E-state index contributed by atoms with van der Waals surface area (Å²) >= 11 is 0. The van der Waals surface area contributed by atoms with E-state index in [1.165, 1.54) is 77.9 Å². The van der Waals surface area contributed by atoms with Gasteiger partial charge in [0.05, 0.1) is 0 Å². The largest absolute Gasteiger partial charge is 0.301 e. The average molecular weight is 310 g/mol. The molecule has 1 saturated carbocycles. The summed E-state index contributed by atoms with van der Waals surface area (Å²) in [6.07, 6.45) is 7.24. The fourth-order valence-electron chi connectivity index (χ4n) is 4.08. The van der Waals surface area contributed by atoms with Crippen LogP contribution in [0.3, 0.4) is 0 Å². The lowest BCUT2D eigenvalue weighted by atomic mass is 9.91. The zero-order valence-corrected chi connectivity index (χ0v) is 15.6. The van der Waals surface area contributed by atoms with E-state index in [1.807, 2.05) is 13.8 Å². The summed E-state index contributed by atoms with van der Waals surface area (Å²) in [5.41, 5.74) is 0. The third-order valence-corrected chi connectivity index (χ3v) is 5.89. The van der Waals surface area contributed by atoms with Gasteiger partial charge in [-0.15, -0.1) is 0 Å². The second kappa shape index (κ2) is 9.24. The number of nitrogens with zero attached hydrogens (tertiary/aromatic N) is 3. The van der Waals surface area contributed by atoms with Crippen LogP contribution in [0.4, 0.5) is 0 Å². The van der Waals surface area contributed by atoms with Crippen molar-refractivity contribution in [3.8, 4) is 0 Å². The Hall–Kier alpha value is -0.120. The standard InChI is InChI=1S/C17H33N3.C2H6/c1-15(2)19-8-6-16(7-9-19)14-18-10-12-20(13-11-18)17-4-3-5-17;1-2/h15-17H,3-14H2,1-2H3;1-2H3. The van der Waals surface area contributed by atoms with E-state index in [-0.39, 0.29) is 0 Å². The molecule has 1 aliphatic carbocycles. The highest BCUT2D eigenvalue weighted by molar-refractivity contribution is 4.85. The Morgan fingerprint density at radius 3 is 1.86 bits per heavy atom. The zero-order valence-electron chi connectivity index (χ0n) is 15.6. The maximum Gasteiger partial charge on any atom is 0.0113 e. The highest BCUT2D eigenvalue weighted by Crippen LogP contribution is 2.26. The molecule has 2 heterocycles. The normalized spacial score (nSPS) is 26.6. The molecule has 0 amide bonds. The minimum absolute atomic E-state index is 0.738. The van der Waals surface area contributed by atoms with E-state index in [9.17, 15) is 0 Å². The molecule has 3 rings (SSSR count). The molecule has 0 aromatic rings. The van der Waals surface area contributed by atoms with E-state index in [0.29, 0.717) is 0 Å². The highest BCUT2D eigenvalue weighted by Gasteiger charge is 2.29. The fourth-order valence-corrected chi connectivity index (χ4v) is 4.08. The third kappa shape index (κ3) is 4.94. The van der Waals surface area contributed by atoms with E-state index in [1.54, 1.807) is 0 Å². The Morgan fingerprint density at radius 2 is 1.41 bits per heavy atom. The summed E-state index contributed by atoms with van der Waals surface area (Å²) in [4.78, 5) is 8.14. The van der Waals surface area contributed by atoms with E-state index in [2.05, 4.69) is 28.5 Å². The summed E-state index contributed by atoms with van der Waals surface area (Å²) in [7, 11) is 0. The third-order valence-electron chi connectivity index (χ3n) is 5.89. The molecule has 0 unspecified atom stereocenters. The van der Waals surface area contributed by atoms with Gasteiger partial charge in [-0.25, -0.2) is 0 Å². The number of piperazine rings is 1. The monoisotopic (exact) mass is 309 g/mol. The molecule has 3 nitrogen and oxygen atoms in total. The fraction of sp³-hybridized carbons (Fsp3) is 1.00. The summed E-state index contributed by atoms with van der Waals surface area (Å²) in [5.74, 6) is 0.959. The number of piperidine rings is 1. The molecule has 2 aliphatic heterocycles. The topological polar surface area (TPSA) is 9.72 Å². The van der Waals surface area contributed by atoms with E-state index in [0.717, 1.165) is 18.0 Å². The van der Waals surface area contributed by atoms with Crippen molar-refractivity contribution in [2.24, 2.45) is 5.92 Å². The van der Waals surface area contributed by atoms with Crippen LogP contribution in [0.15, 0.2) is 0 Å². The summed E-state index contributed by atoms with van der Waals surface area (Å²) in [6, 6.07) is 1.69.